The van der Waals surface area contributed by atoms with E-state index < -0.39 is 6.04 Å². The second-order valence-electron chi connectivity index (χ2n) is 4.37. The molecule has 0 fully saturated rings. The number of amides is 1. The highest BCUT2D eigenvalue weighted by molar-refractivity contribution is 7.14. The molecule has 1 atom stereocenters. The molecule has 1 heterocycles. The van der Waals surface area contributed by atoms with Crippen molar-refractivity contribution in [1.82, 2.24) is 5.32 Å². The fourth-order valence-corrected chi connectivity index (χ4v) is 2.83. The van der Waals surface area contributed by atoms with Crippen LogP contribution in [0.4, 0.5) is 0 Å². The fraction of sp³-hybridized carbons (Fsp3) is 0.267. The van der Waals surface area contributed by atoms with Crippen LogP contribution in [-0.4, -0.2) is 24.7 Å². The summed E-state index contributed by atoms with van der Waals surface area (Å²) < 4.78 is 5.20. The van der Waals surface area contributed by atoms with E-state index >= 15 is 0 Å². The predicted molar refractivity (Wildman–Crippen MR) is 79.3 cm³/mol. The van der Waals surface area contributed by atoms with Crippen LogP contribution in [0.3, 0.4) is 0 Å². The number of methoxy groups -OCH3 is 1. The Balaban J connectivity index is 2.17. The molecular weight excluding hydrogens is 274 g/mol. The van der Waals surface area contributed by atoms with Gasteiger partial charge in [-0.25, -0.2) is 0 Å². The Morgan fingerprint density at radius 2 is 2.10 bits per heavy atom. The lowest BCUT2D eigenvalue weighted by Crippen LogP contribution is -2.30. The van der Waals surface area contributed by atoms with Gasteiger partial charge in [0.15, 0.2) is 0 Å². The van der Waals surface area contributed by atoms with Gasteiger partial charge in [0.1, 0.15) is 10.6 Å². The van der Waals surface area contributed by atoms with Gasteiger partial charge in [0.2, 0.25) is 0 Å². The van der Waals surface area contributed by atoms with E-state index in [1.807, 2.05) is 43.3 Å². The van der Waals surface area contributed by atoms with Crippen molar-refractivity contribution in [2.45, 2.75) is 13.0 Å². The molecule has 0 bridgehead atoms. The highest BCUT2D eigenvalue weighted by Crippen LogP contribution is 2.29. The maximum Gasteiger partial charge on any atom is 0.265 e. The van der Waals surface area contributed by atoms with Crippen molar-refractivity contribution in [1.29, 1.82) is 0 Å². The van der Waals surface area contributed by atoms with Crippen molar-refractivity contribution in [3.05, 3.63) is 51.7 Å². The van der Waals surface area contributed by atoms with E-state index in [-0.39, 0.29) is 12.5 Å². The minimum absolute atomic E-state index is 0.150. The van der Waals surface area contributed by atoms with Crippen LogP contribution in [0, 0.1) is 6.92 Å². The van der Waals surface area contributed by atoms with Gasteiger partial charge < -0.3 is 15.2 Å². The normalized spacial score (nSPS) is 11.9. The maximum atomic E-state index is 12.3. The predicted octanol–water partition coefficient (Wildman–Crippen LogP) is 2.53. The van der Waals surface area contributed by atoms with Crippen molar-refractivity contribution in [2.24, 2.45) is 0 Å². The largest absolute Gasteiger partial charge is 0.495 e. The third-order valence-electron chi connectivity index (χ3n) is 2.94. The highest BCUT2D eigenvalue weighted by atomic mass is 32.1. The first-order valence-corrected chi connectivity index (χ1v) is 7.08. The van der Waals surface area contributed by atoms with Crippen LogP contribution >= 0.6 is 11.3 Å². The van der Waals surface area contributed by atoms with Crippen molar-refractivity contribution >= 4 is 17.2 Å². The van der Waals surface area contributed by atoms with Crippen molar-refractivity contribution < 1.29 is 14.6 Å². The Morgan fingerprint density at radius 3 is 2.70 bits per heavy atom. The molecule has 1 amide bonds. The van der Waals surface area contributed by atoms with Crippen LogP contribution in [0.2, 0.25) is 0 Å². The quantitative estimate of drug-likeness (QED) is 0.890. The summed E-state index contributed by atoms with van der Waals surface area (Å²) in [6.07, 6.45) is 0. The second kappa shape index (κ2) is 6.54. The van der Waals surface area contributed by atoms with Crippen LogP contribution in [0.25, 0.3) is 0 Å². The van der Waals surface area contributed by atoms with E-state index in [2.05, 4.69) is 5.32 Å². The highest BCUT2D eigenvalue weighted by Gasteiger charge is 2.19. The fourth-order valence-electron chi connectivity index (χ4n) is 1.94. The third-order valence-corrected chi connectivity index (χ3v) is 3.97. The second-order valence-corrected chi connectivity index (χ2v) is 5.63. The molecule has 1 aromatic carbocycles. The van der Waals surface area contributed by atoms with Gasteiger partial charge in [-0.1, -0.05) is 30.3 Å². The lowest BCUT2D eigenvalue weighted by atomic mass is 10.1. The van der Waals surface area contributed by atoms with Crippen molar-refractivity contribution in [3.8, 4) is 5.75 Å². The standard InChI is InChI=1S/C15H17NO3S/c1-10-8-13(19-2)14(20-10)15(18)16-12(9-17)11-6-4-3-5-7-11/h3-8,12,17H,9H2,1-2H3,(H,16,18)/t12-/m1/s1. The average Bonchev–Trinajstić information content (AvgIpc) is 2.86. The third kappa shape index (κ3) is 3.18. The van der Waals surface area contributed by atoms with Gasteiger partial charge in [-0.05, 0) is 18.6 Å². The van der Waals surface area contributed by atoms with E-state index in [1.165, 1.54) is 11.3 Å². The molecule has 2 aromatic rings. The molecule has 5 heteroatoms. The van der Waals surface area contributed by atoms with Gasteiger partial charge in [-0.2, -0.15) is 0 Å². The van der Waals surface area contributed by atoms with Crippen LogP contribution in [0.15, 0.2) is 36.4 Å². The Hall–Kier alpha value is -1.85. The zero-order valence-electron chi connectivity index (χ0n) is 11.4. The summed E-state index contributed by atoms with van der Waals surface area (Å²) in [5, 5.41) is 12.3. The molecular formula is C15H17NO3S. The summed E-state index contributed by atoms with van der Waals surface area (Å²) in [7, 11) is 1.54. The monoisotopic (exact) mass is 291 g/mol. The summed E-state index contributed by atoms with van der Waals surface area (Å²) in [4.78, 5) is 13.8. The lowest BCUT2D eigenvalue weighted by molar-refractivity contribution is 0.0917. The van der Waals surface area contributed by atoms with E-state index in [1.54, 1.807) is 7.11 Å². The molecule has 0 aliphatic rings. The molecule has 0 saturated carbocycles. The molecule has 0 unspecified atom stereocenters. The smallest absolute Gasteiger partial charge is 0.265 e. The number of thiophene rings is 1. The first kappa shape index (κ1) is 14.6. The Morgan fingerprint density at radius 1 is 1.40 bits per heavy atom. The number of ether oxygens (including phenoxy) is 1. The summed E-state index contributed by atoms with van der Waals surface area (Å²) in [5.74, 6) is 0.331. The molecule has 2 rings (SSSR count). The van der Waals surface area contributed by atoms with Gasteiger partial charge in [0, 0.05) is 4.88 Å². The number of nitrogens with one attached hydrogen (secondary N) is 1. The van der Waals surface area contributed by atoms with Crippen LogP contribution < -0.4 is 10.1 Å². The Labute approximate surface area is 122 Å². The SMILES string of the molecule is COc1cc(C)sc1C(=O)N[C@H](CO)c1ccccc1. The molecule has 0 spiro atoms. The number of hydrogen-bond donors (Lipinski definition) is 2. The van der Waals surface area contributed by atoms with Gasteiger partial charge in [-0.15, -0.1) is 11.3 Å². The number of carbonyl (C=O) groups is 1. The Bertz CT molecular complexity index is 580. The molecule has 4 nitrogen and oxygen atoms in total. The van der Waals surface area contributed by atoms with Crippen LogP contribution in [0.5, 0.6) is 5.75 Å². The molecule has 2 N–H and O–H groups in total. The van der Waals surface area contributed by atoms with E-state index in [9.17, 15) is 9.90 Å². The number of hydrogen-bond acceptors (Lipinski definition) is 4. The molecule has 0 radical (unpaired) electrons. The maximum absolute atomic E-state index is 12.3. The molecule has 0 saturated heterocycles. The zero-order valence-corrected chi connectivity index (χ0v) is 12.2. The van der Waals surface area contributed by atoms with Crippen LogP contribution in [0.1, 0.15) is 26.2 Å². The number of benzene rings is 1. The van der Waals surface area contributed by atoms with E-state index in [0.29, 0.717) is 10.6 Å². The summed E-state index contributed by atoms with van der Waals surface area (Å²) in [6, 6.07) is 10.8. The molecule has 0 aliphatic carbocycles. The number of aryl methyl sites for hydroxylation is 1. The molecule has 106 valence electrons. The van der Waals surface area contributed by atoms with Crippen LogP contribution in [-0.2, 0) is 0 Å². The molecule has 1 aromatic heterocycles. The van der Waals surface area contributed by atoms with Gasteiger partial charge in [0.05, 0.1) is 19.8 Å². The van der Waals surface area contributed by atoms with Crippen molar-refractivity contribution in [3.63, 3.8) is 0 Å². The number of aliphatic hydroxyl groups excluding tert-OH is 1. The molecule has 0 aliphatic heterocycles. The first-order valence-electron chi connectivity index (χ1n) is 6.26. The van der Waals surface area contributed by atoms with E-state index in [4.69, 9.17) is 4.74 Å². The lowest BCUT2D eigenvalue weighted by Gasteiger charge is -2.16. The number of carbonyl (C=O) groups excluding carboxylic acids is 1. The van der Waals surface area contributed by atoms with E-state index in [0.717, 1.165) is 10.4 Å². The Kier molecular flexibility index (Phi) is 4.76. The number of rotatable bonds is 5. The molecule has 20 heavy (non-hydrogen) atoms. The minimum Gasteiger partial charge on any atom is -0.495 e. The number of aliphatic hydroxyl groups is 1. The zero-order chi connectivity index (χ0) is 14.5. The van der Waals surface area contributed by atoms with Crippen molar-refractivity contribution in [2.75, 3.05) is 13.7 Å². The van der Waals surface area contributed by atoms with Gasteiger partial charge in [0.25, 0.3) is 5.91 Å². The minimum atomic E-state index is -0.421. The van der Waals surface area contributed by atoms with Gasteiger partial charge >= 0.3 is 0 Å². The summed E-state index contributed by atoms with van der Waals surface area (Å²) in [5.41, 5.74) is 0.871. The first-order chi connectivity index (χ1) is 9.65. The topological polar surface area (TPSA) is 58.6 Å². The summed E-state index contributed by atoms with van der Waals surface area (Å²) in [6.45, 7) is 1.77. The van der Waals surface area contributed by atoms with Gasteiger partial charge in [-0.3, -0.25) is 4.79 Å². The summed E-state index contributed by atoms with van der Waals surface area (Å²) >= 11 is 1.38. The average molecular weight is 291 g/mol.